The molecule has 0 saturated carbocycles. The van der Waals surface area contributed by atoms with E-state index in [1.54, 1.807) is 0 Å². The van der Waals surface area contributed by atoms with Crippen LogP contribution < -0.4 is 5.11 Å². The molecule has 2 radical (unpaired) electrons. The van der Waals surface area contributed by atoms with Gasteiger partial charge in [0.2, 0.25) is 5.11 Å². The van der Waals surface area contributed by atoms with E-state index in [2.05, 4.69) is 15.0 Å². The second-order valence-electron chi connectivity index (χ2n) is 0.535. The molecule has 0 spiro atoms. The summed E-state index contributed by atoms with van der Waals surface area (Å²) in [5, 5.41) is 6.12. The van der Waals surface area contributed by atoms with Gasteiger partial charge in [0, 0.05) is 0 Å². The molecular formula is C2HN2S+. The summed E-state index contributed by atoms with van der Waals surface area (Å²) in [6.07, 6.45) is 1.53. The number of hydrogen-bond donors (Lipinski definition) is 0. The third-order valence-electron chi connectivity index (χ3n) is 0.251. The van der Waals surface area contributed by atoms with Crippen molar-refractivity contribution in [1.82, 2.24) is 5.11 Å². The molecule has 5 heavy (non-hydrogen) atoms. The van der Waals surface area contributed by atoms with Crippen molar-refractivity contribution in [2.45, 2.75) is 0 Å². The largest absolute Gasteiger partial charge is 0.295 e. The molecule has 3 heteroatoms. The van der Waals surface area contributed by atoms with E-state index < -0.39 is 0 Å². The van der Waals surface area contributed by atoms with Gasteiger partial charge in [-0.15, -0.1) is 0 Å². The summed E-state index contributed by atoms with van der Waals surface area (Å²) >= 11 is 1.23. The first-order valence-electron chi connectivity index (χ1n) is 1.13. The Bertz CT molecular complexity index is 65.7. The highest BCUT2D eigenvalue weighted by Crippen LogP contribution is 2.02. The van der Waals surface area contributed by atoms with Crippen LogP contribution in [0.1, 0.15) is 0 Å². The first-order chi connectivity index (χ1) is 2.50. The van der Waals surface area contributed by atoms with Crippen LogP contribution >= 0.6 is 11.9 Å². The van der Waals surface area contributed by atoms with E-state index in [4.69, 9.17) is 0 Å². The van der Waals surface area contributed by atoms with Gasteiger partial charge in [-0.05, 0) is 0 Å². The molecular weight excluding hydrogens is 84.1 g/mol. The molecule has 1 heterocycles. The lowest BCUT2D eigenvalue weighted by Crippen LogP contribution is -1.52. The predicted octanol–water partition coefficient (Wildman–Crippen LogP) is 0.711. The van der Waals surface area contributed by atoms with E-state index in [9.17, 15) is 0 Å². The lowest BCUT2D eigenvalue weighted by Gasteiger charge is -1.40. The van der Waals surface area contributed by atoms with Gasteiger partial charge in [-0.2, -0.15) is 0 Å². The van der Waals surface area contributed by atoms with E-state index in [0.717, 1.165) is 0 Å². The predicted molar refractivity (Wildman–Crippen MR) is 20.0 cm³/mol. The van der Waals surface area contributed by atoms with E-state index in [-0.39, 0.29) is 0 Å². The summed E-state index contributed by atoms with van der Waals surface area (Å²) in [4.78, 5) is 0. The topological polar surface area (TPSA) is 26.5 Å². The summed E-state index contributed by atoms with van der Waals surface area (Å²) in [7, 11) is 0. The van der Waals surface area contributed by atoms with Crippen LogP contribution in [0.15, 0.2) is 10.7 Å². The molecule has 0 N–H and O–H groups in total. The zero-order valence-electron chi connectivity index (χ0n) is 2.38. The standard InChI is InChI=1S/C2HN2S/c1-2-5-4-3-1/h1H/q+1. The highest BCUT2D eigenvalue weighted by molar-refractivity contribution is 7.99. The Morgan fingerprint density at radius 2 is 3.00 bits per heavy atom. The van der Waals surface area contributed by atoms with Crippen molar-refractivity contribution >= 4 is 11.9 Å². The Balaban J connectivity index is 2.61. The van der Waals surface area contributed by atoms with Crippen molar-refractivity contribution in [3.8, 4) is 0 Å². The van der Waals surface area contributed by atoms with Crippen LogP contribution in [-0.4, -0.2) is 0 Å². The molecule has 0 aromatic heterocycles. The molecule has 0 aromatic carbocycles. The molecule has 1 aliphatic rings. The Labute approximate surface area is 34.1 Å². The van der Waals surface area contributed by atoms with Crippen molar-refractivity contribution in [3.63, 3.8) is 0 Å². The minimum absolute atomic E-state index is 1.23. The third kappa shape index (κ3) is 0.479. The molecule has 0 aliphatic carbocycles. The summed E-state index contributed by atoms with van der Waals surface area (Å²) in [5.74, 6) is 0. The summed E-state index contributed by atoms with van der Waals surface area (Å²) < 4.78 is 3.46. The van der Waals surface area contributed by atoms with Gasteiger partial charge in [0.25, 0.3) is 6.20 Å². The fraction of sp³-hybridized carbons (Fsp3) is 0. The molecule has 1 aliphatic heterocycles. The third-order valence-corrected chi connectivity index (χ3v) is 0.638. The molecule has 0 bridgehead atoms. The van der Waals surface area contributed by atoms with Crippen molar-refractivity contribution in [2.24, 2.45) is 4.52 Å². The Morgan fingerprint density at radius 3 is 3.20 bits per heavy atom. The summed E-state index contributed by atoms with van der Waals surface area (Å²) in [5.41, 5.74) is 0. The average Bonchev–Trinajstić information content (AvgIpc) is 1.76. The van der Waals surface area contributed by atoms with Crippen LogP contribution in [0, 0.1) is 5.41 Å². The Hall–Kier alpha value is -0.310. The van der Waals surface area contributed by atoms with Crippen molar-refractivity contribution in [1.29, 1.82) is 0 Å². The van der Waals surface area contributed by atoms with Gasteiger partial charge in [-0.1, -0.05) is 0 Å². The molecule has 0 fully saturated rings. The van der Waals surface area contributed by atoms with Crippen LogP contribution in [0.25, 0.3) is 0 Å². The first kappa shape index (κ1) is 2.90. The number of hydrogen-bond acceptors (Lipinski definition) is 3. The lowest BCUT2D eigenvalue weighted by atomic mass is 11.1. The van der Waals surface area contributed by atoms with Crippen LogP contribution in [-0.2, 0) is 0 Å². The van der Waals surface area contributed by atoms with E-state index in [1.807, 2.05) is 0 Å². The highest BCUT2D eigenvalue weighted by atomic mass is 32.2. The Morgan fingerprint density at radius 1 is 2.00 bits per heavy atom. The number of rotatable bonds is 0. The van der Waals surface area contributed by atoms with Crippen LogP contribution in [0.5, 0.6) is 0 Å². The summed E-state index contributed by atoms with van der Waals surface area (Å²) in [6, 6.07) is 0. The van der Waals surface area contributed by atoms with Crippen LogP contribution in [0.4, 0.5) is 0 Å². The smallest absolute Gasteiger partial charge is 0.0972 e. The van der Waals surface area contributed by atoms with Gasteiger partial charge in [0.1, 0.15) is 9.93 Å². The maximum absolute atomic E-state index is 3.46. The monoisotopic (exact) mass is 85.0 g/mol. The minimum Gasteiger partial charge on any atom is 0.0972 e. The van der Waals surface area contributed by atoms with E-state index in [0.29, 0.717) is 0 Å². The average molecular weight is 85.1 g/mol. The van der Waals surface area contributed by atoms with Gasteiger partial charge in [0.15, 0.2) is 0 Å². The van der Waals surface area contributed by atoms with E-state index in [1.165, 1.54) is 18.1 Å². The SMILES string of the molecule is [C]1=C[N+]=NS1. The maximum atomic E-state index is 3.46. The van der Waals surface area contributed by atoms with Crippen molar-refractivity contribution < 1.29 is 0 Å². The first-order valence-corrected chi connectivity index (χ1v) is 1.91. The molecule has 24 valence electrons. The van der Waals surface area contributed by atoms with Crippen LogP contribution in [0.2, 0.25) is 0 Å². The zero-order chi connectivity index (χ0) is 3.54. The quantitative estimate of drug-likeness (QED) is 0.398. The van der Waals surface area contributed by atoms with Crippen molar-refractivity contribution in [3.05, 3.63) is 11.6 Å². The Kier molecular flexibility index (Phi) is 0.705. The minimum atomic E-state index is 1.23. The van der Waals surface area contributed by atoms with Gasteiger partial charge in [0.05, 0.1) is 11.9 Å². The highest BCUT2D eigenvalue weighted by Gasteiger charge is 1.94. The number of nitrogens with zero attached hydrogens (tertiary/aromatic N) is 2. The van der Waals surface area contributed by atoms with Gasteiger partial charge in [-0.25, -0.2) is 0 Å². The fourth-order valence-electron chi connectivity index (χ4n) is 0.118. The van der Waals surface area contributed by atoms with Crippen LogP contribution in [0.3, 0.4) is 0 Å². The second kappa shape index (κ2) is 1.21. The van der Waals surface area contributed by atoms with Gasteiger partial charge < -0.3 is 0 Å². The maximum Gasteiger partial charge on any atom is 0.295 e. The molecule has 0 amide bonds. The summed E-state index contributed by atoms with van der Waals surface area (Å²) in [6.45, 7) is 0. The second-order valence-corrected chi connectivity index (χ2v) is 1.12. The van der Waals surface area contributed by atoms with Crippen molar-refractivity contribution in [2.75, 3.05) is 0 Å². The zero-order valence-corrected chi connectivity index (χ0v) is 3.20. The van der Waals surface area contributed by atoms with Gasteiger partial charge in [-0.3, -0.25) is 0 Å². The molecule has 1 rings (SSSR count). The van der Waals surface area contributed by atoms with E-state index >= 15 is 0 Å². The molecule has 0 saturated heterocycles. The normalized spacial score (nSPS) is 17.6. The fourth-order valence-corrected chi connectivity index (χ4v) is 0.354. The molecule has 0 aromatic rings. The lowest BCUT2D eigenvalue weighted by molar-refractivity contribution is 1.21. The molecule has 2 nitrogen and oxygen atoms in total. The molecule has 0 atom stereocenters. The van der Waals surface area contributed by atoms with Gasteiger partial charge >= 0.3 is 0 Å². The molecule has 0 unspecified atom stereocenters.